The van der Waals surface area contributed by atoms with Gasteiger partial charge in [0, 0.05) is 17.8 Å². The number of hydrogen-bond donors (Lipinski definition) is 2. The molecule has 27 heavy (non-hydrogen) atoms. The first-order chi connectivity index (χ1) is 13.0. The van der Waals surface area contributed by atoms with Gasteiger partial charge in [-0.3, -0.25) is 9.78 Å². The lowest BCUT2D eigenvalue weighted by molar-refractivity contribution is -0.0169. The first-order valence-corrected chi connectivity index (χ1v) is 9.72. The van der Waals surface area contributed by atoms with E-state index in [1.807, 2.05) is 38.2 Å². The van der Waals surface area contributed by atoms with Gasteiger partial charge in [0.15, 0.2) is 6.23 Å². The minimum absolute atomic E-state index is 0.0468. The van der Waals surface area contributed by atoms with Crippen LogP contribution in [0.1, 0.15) is 58.4 Å². The monoisotopic (exact) mass is 366 g/mol. The average Bonchev–Trinajstić information content (AvgIpc) is 2.65. The van der Waals surface area contributed by atoms with Crippen LogP contribution in [0, 0.1) is 19.8 Å². The Morgan fingerprint density at radius 1 is 1.22 bits per heavy atom. The van der Waals surface area contributed by atoms with E-state index >= 15 is 0 Å². The van der Waals surface area contributed by atoms with E-state index in [2.05, 4.69) is 16.4 Å². The van der Waals surface area contributed by atoms with Gasteiger partial charge in [0.2, 0.25) is 0 Å². The Kier molecular flexibility index (Phi) is 4.87. The molecule has 0 radical (unpaired) electrons. The number of aliphatic hydroxyl groups is 1. The number of carbonyl (C=O) groups excluding carboxylic acids is 1. The van der Waals surface area contributed by atoms with Gasteiger partial charge in [0.05, 0.1) is 11.7 Å². The fraction of sp³-hybridized carbons (Fsp3) is 0.455. The van der Waals surface area contributed by atoms with E-state index < -0.39 is 12.3 Å². The van der Waals surface area contributed by atoms with Crippen molar-refractivity contribution in [3.8, 4) is 5.75 Å². The van der Waals surface area contributed by atoms with E-state index in [4.69, 9.17) is 4.74 Å². The highest BCUT2D eigenvalue weighted by molar-refractivity contribution is 5.98. The second kappa shape index (κ2) is 7.31. The molecule has 1 aliphatic heterocycles. The second-order valence-electron chi connectivity index (χ2n) is 7.79. The minimum Gasteiger partial charge on any atom is -0.469 e. The topological polar surface area (TPSA) is 71.5 Å². The molecule has 1 amide bonds. The van der Waals surface area contributed by atoms with E-state index in [-0.39, 0.29) is 11.8 Å². The number of benzene rings is 1. The van der Waals surface area contributed by atoms with Crippen molar-refractivity contribution in [2.45, 2.75) is 58.3 Å². The second-order valence-corrected chi connectivity index (χ2v) is 7.79. The summed E-state index contributed by atoms with van der Waals surface area (Å²) in [7, 11) is 0. The normalized spacial score (nSPS) is 24.7. The molecule has 2 N–H and O–H groups in total. The van der Waals surface area contributed by atoms with Crippen LogP contribution in [-0.4, -0.2) is 28.3 Å². The molecule has 0 spiro atoms. The van der Waals surface area contributed by atoms with E-state index in [1.165, 1.54) is 0 Å². The third kappa shape index (κ3) is 3.69. The molecule has 0 bridgehead atoms. The van der Waals surface area contributed by atoms with Crippen LogP contribution in [0.3, 0.4) is 0 Å². The summed E-state index contributed by atoms with van der Waals surface area (Å²) in [6.07, 6.45) is 5.48. The van der Waals surface area contributed by atoms with Crippen LogP contribution < -0.4 is 10.1 Å². The summed E-state index contributed by atoms with van der Waals surface area (Å²) in [5.41, 5.74) is 4.85. The molecule has 1 aromatic carbocycles. The SMILES string of the molecule is Cc1ccc(Cc2cc3c(cc2C)OC([C@@H]2CCCC[C@H]2O)NC3=O)cn1. The highest BCUT2D eigenvalue weighted by Gasteiger charge is 2.37. The molecule has 2 heterocycles. The minimum atomic E-state index is -0.452. The zero-order valence-corrected chi connectivity index (χ0v) is 15.9. The average molecular weight is 366 g/mol. The van der Waals surface area contributed by atoms with Gasteiger partial charge in [-0.1, -0.05) is 18.9 Å². The lowest BCUT2D eigenvalue weighted by Gasteiger charge is -2.37. The van der Waals surface area contributed by atoms with Crippen molar-refractivity contribution in [3.05, 3.63) is 58.4 Å². The number of fused-ring (bicyclic) bond motifs is 1. The number of ether oxygens (including phenoxy) is 1. The third-order valence-corrected chi connectivity index (χ3v) is 5.75. The quantitative estimate of drug-likeness (QED) is 0.874. The fourth-order valence-corrected chi connectivity index (χ4v) is 4.08. The maximum absolute atomic E-state index is 12.7. The van der Waals surface area contributed by atoms with Gasteiger partial charge in [0.25, 0.3) is 5.91 Å². The number of carbonyl (C=O) groups is 1. The van der Waals surface area contributed by atoms with Crippen LogP contribution in [0.2, 0.25) is 0 Å². The lowest BCUT2D eigenvalue weighted by atomic mass is 9.84. The molecule has 1 aromatic heterocycles. The zero-order chi connectivity index (χ0) is 19.0. The summed E-state index contributed by atoms with van der Waals surface area (Å²) in [4.78, 5) is 17.1. The van der Waals surface area contributed by atoms with Gasteiger partial charge < -0.3 is 15.2 Å². The summed E-state index contributed by atoms with van der Waals surface area (Å²) in [6.45, 7) is 4.01. The Hall–Kier alpha value is -2.40. The summed E-state index contributed by atoms with van der Waals surface area (Å²) >= 11 is 0. The van der Waals surface area contributed by atoms with E-state index in [0.29, 0.717) is 11.3 Å². The van der Waals surface area contributed by atoms with E-state index in [1.54, 1.807) is 0 Å². The van der Waals surface area contributed by atoms with Crippen LogP contribution in [0.25, 0.3) is 0 Å². The molecular formula is C22H26N2O3. The van der Waals surface area contributed by atoms with Crippen molar-refractivity contribution in [2.24, 2.45) is 5.92 Å². The molecule has 0 saturated heterocycles. The molecule has 1 saturated carbocycles. The fourth-order valence-electron chi connectivity index (χ4n) is 4.08. The molecule has 5 nitrogen and oxygen atoms in total. The first-order valence-electron chi connectivity index (χ1n) is 9.72. The summed E-state index contributed by atoms with van der Waals surface area (Å²) < 4.78 is 6.11. The third-order valence-electron chi connectivity index (χ3n) is 5.75. The van der Waals surface area contributed by atoms with Crippen LogP contribution >= 0.6 is 0 Å². The Labute approximate surface area is 159 Å². The summed E-state index contributed by atoms with van der Waals surface area (Å²) in [5.74, 6) is 0.446. The number of nitrogens with one attached hydrogen (secondary N) is 1. The number of nitrogens with zero attached hydrogens (tertiary/aromatic N) is 1. The van der Waals surface area contributed by atoms with E-state index in [0.717, 1.165) is 54.5 Å². The van der Waals surface area contributed by atoms with Crippen LogP contribution in [0.4, 0.5) is 0 Å². The number of hydrogen-bond acceptors (Lipinski definition) is 4. The van der Waals surface area contributed by atoms with Gasteiger partial charge in [-0.15, -0.1) is 0 Å². The largest absolute Gasteiger partial charge is 0.469 e. The van der Waals surface area contributed by atoms with Gasteiger partial charge in [-0.2, -0.15) is 0 Å². The van der Waals surface area contributed by atoms with E-state index in [9.17, 15) is 9.90 Å². The van der Waals surface area contributed by atoms with Gasteiger partial charge in [-0.05, 0) is 68.0 Å². The smallest absolute Gasteiger partial charge is 0.257 e. The van der Waals surface area contributed by atoms with Crippen LogP contribution in [-0.2, 0) is 6.42 Å². The molecule has 142 valence electrons. The number of amides is 1. The van der Waals surface area contributed by atoms with Crippen LogP contribution in [0.5, 0.6) is 5.75 Å². The van der Waals surface area contributed by atoms with Gasteiger partial charge >= 0.3 is 0 Å². The molecule has 1 fully saturated rings. The highest BCUT2D eigenvalue weighted by Crippen LogP contribution is 2.34. The predicted molar refractivity (Wildman–Crippen MR) is 103 cm³/mol. The molecule has 2 aromatic rings. The predicted octanol–water partition coefficient (Wildman–Crippen LogP) is 3.29. The molecule has 1 aliphatic carbocycles. The van der Waals surface area contributed by atoms with Crippen molar-refractivity contribution in [1.29, 1.82) is 0 Å². The Morgan fingerprint density at radius 2 is 2.04 bits per heavy atom. The summed E-state index contributed by atoms with van der Waals surface area (Å²) in [6, 6.07) is 7.94. The molecule has 1 unspecified atom stereocenters. The molecule has 2 aliphatic rings. The Bertz CT molecular complexity index is 847. The van der Waals surface area contributed by atoms with Gasteiger partial charge in [-0.25, -0.2) is 0 Å². The maximum atomic E-state index is 12.7. The number of aliphatic hydroxyl groups excluding tert-OH is 1. The number of pyridine rings is 1. The standard InChI is InChI=1S/C22H26N2O3/c1-13-9-20-18(11-16(13)10-15-8-7-14(2)23-12-15)21(26)24-22(27-20)17-5-3-4-6-19(17)25/h7-9,11-12,17,19,22,25H,3-6,10H2,1-2H3,(H,24,26)/t17-,19-,22?/m1/s1. The van der Waals surface area contributed by atoms with Crippen molar-refractivity contribution >= 4 is 5.91 Å². The van der Waals surface area contributed by atoms with Crippen molar-refractivity contribution < 1.29 is 14.6 Å². The Balaban J connectivity index is 1.58. The number of rotatable bonds is 3. The van der Waals surface area contributed by atoms with Crippen molar-refractivity contribution in [3.63, 3.8) is 0 Å². The van der Waals surface area contributed by atoms with Crippen LogP contribution in [0.15, 0.2) is 30.5 Å². The highest BCUT2D eigenvalue weighted by atomic mass is 16.5. The number of aryl methyl sites for hydroxylation is 2. The lowest BCUT2D eigenvalue weighted by Crippen LogP contribution is -2.52. The van der Waals surface area contributed by atoms with Gasteiger partial charge in [0.1, 0.15) is 5.75 Å². The summed E-state index contributed by atoms with van der Waals surface area (Å²) in [5, 5.41) is 13.3. The Morgan fingerprint density at radius 3 is 2.78 bits per heavy atom. The molecular weight excluding hydrogens is 340 g/mol. The zero-order valence-electron chi connectivity index (χ0n) is 15.9. The van der Waals surface area contributed by atoms with Crippen molar-refractivity contribution in [1.82, 2.24) is 10.3 Å². The first kappa shape index (κ1) is 18.0. The molecule has 4 rings (SSSR count). The van der Waals surface area contributed by atoms with Crippen molar-refractivity contribution in [2.75, 3.05) is 0 Å². The molecule has 3 atom stereocenters. The maximum Gasteiger partial charge on any atom is 0.257 e. The molecule has 5 heteroatoms. The number of aromatic nitrogens is 1.